The van der Waals surface area contributed by atoms with Crippen LogP contribution < -0.4 is 10.6 Å². The maximum Gasteiger partial charge on any atom is 0.414 e. The quantitative estimate of drug-likeness (QED) is 0.670. The molecule has 1 amide bonds. The zero-order valence-corrected chi connectivity index (χ0v) is 12.7. The highest BCUT2D eigenvalue weighted by molar-refractivity contribution is 6.04. The van der Waals surface area contributed by atoms with E-state index in [1.165, 1.54) is 14.2 Å². The first-order valence-corrected chi connectivity index (χ1v) is 6.21. The third-order valence-electron chi connectivity index (χ3n) is 2.53. The first-order chi connectivity index (χ1) is 9.56. The van der Waals surface area contributed by atoms with Gasteiger partial charge in [-0.05, 0) is 32.9 Å². The summed E-state index contributed by atoms with van der Waals surface area (Å²) in [6.07, 6.45) is -0.738. The lowest BCUT2D eigenvalue weighted by Gasteiger charge is -2.26. The molecule has 0 saturated heterocycles. The summed E-state index contributed by atoms with van der Waals surface area (Å²) in [4.78, 5) is 24.8. The molecule has 1 rings (SSSR count). The van der Waals surface area contributed by atoms with Crippen LogP contribution in [-0.2, 0) is 9.47 Å². The maximum absolute atomic E-state index is 13.5. The van der Waals surface area contributed by atoms with Gasteiger partial charge in [0.15, 0.2) is 0 Å². The Balaban J connectivity index is 3.28. The fourth-order valence-electron chi connectivity index (χ4n) is 1.63. The zero-order valence-electron chi connectivity index (χ0n) is 12.7. The lowest BCUT2D eigenvalue weighted by atomic mass is 10.1. The van der Waals surface area contributed by atoms with Gasteiger partial charge in [-0.3, -0.25) is 4.90 Å². The average Bonchev–Trinajstić information content (AvgIpc) is 2.34. The number of carbonyl (C=O) groups excluding carboxylic acids is 2. The number of benzene rings is 1. The van der Waals surface area contributed by atoms with E-state index < -0.39 is 23.5 Å². The Labute approximate surface area is 122 Å². The molecule has 0 aromatic heterocycles. The van der Waals surface area contributed by atoms with Crippen molar-refractivity contribution in [1.82, 2.24) is 0 Å². The fraction of sp³-hybridized carbons (Fsp3) is 0.429. The molecule has 6 nitrogen and oxygen atoms in total. The number of nitrogens with zero attached hydrogens (tertiary/aromatic N) is 1. The molecular weight excluding hydrogens is 279 g/mol. The second kappa shape index (κ2) is 5.99. The molecule has 0 heterocycles. The zero-order chi connectivity index (χ0) is 16.4. The smallest absolute Gasteiger partial charge is 0.414 e. The van der Waals surface area contributed by atoms with E-state index in [1.807, 2.05) is 0 Å². The van der Waals surface area contributed by atoms with Crippen LogP contribution in [0.4, 0.5) is 20.6 Å². The molecule has 7 heteroatoms. The highest BCUT2D eigenvalue weighted by Gasteiger charge is 2.26. The molecule has 21 heavy (non-hydrogen) atoms. The van der Waals surface area contributed by atoms with E-state index in [9.17, 15) is 14.0 Å². The van der Waals surface area contributed by atoms with Crippen molar-refractivity contribution in [2.75, 3.05) is 24.8 Å². The fourth-order valence-corrected chi connectivity index (χ4v) is 1.63. The third kappa shape index (κ3) is 4.08. The van der Waals surface area contributed by atoms with E-state index in [0.717, 1.165) is 17.0 Å². The van der Waals surface area contributed by atoms with Crippen molar-refractivity contribution in [3.63, 3.8) is 0 Å². The summed E-state index contributed by atoms with van der Waals surface area (Å²) in [7, 11) is 2.52. The predicted molar refractivity (Wildman–Crippen MR) is 76.8 cm³/mol. The van der Waals surface area contributed by atoms with Crippen LogP contribution >= 0.6 is 0 Å². The van der Waals surface area contributed by atoms with Crippen LogP contribution in [0.3, 0.4) is 0 Å². The van der Waals surface area contributed by atoms with Gasteiger partial charge >= 0.3 is 12.1 Å². The Morgan fingerprint density at radius 3 is 2.33 bits per heavy atom. The molecule has 0 atom stereocenters. The van der Waals surface area contributed by atoms with Gasteiger partial charge in [-0.1, -0.05) is 0 Å². The molecule has 116 valence electrons. The molecule has 0 saturated carbocycles. The van der Waals surface area contributed by atoms with Crippen LogP contribution in [0, 0.1) is 5.82 Å². The van der Waals surface area contributed by atoms with Crippen molar-refractivity contribution in [1.29, 1.82) is 0 Å². The Bertz CT molecular complexity index is 567. The van der Waals surface area contributed by atoms with E-state index in [-0.39, 0.29) is 16.9 Å². The number of ether oxygens (including phenoxy) is 2. The van der Waals surface area contributed by atoms with Crippen molar-refractivity contribution >= 4 is 23.4 Å². The van der Waals surface area contributed by atoms with Crippen LogP contribution in [0.5, 0.6) is 0 Å². The second-order valence-electron chi connectivity index (χ2n) is 5.42. The number of nitrogens with two attached hydrogens (primary N) is 1. The number of nitrogen functional groups attached to an aromatic ring is 1. The van der Waals surface area contributed by atoms with Crippen LogP contribution in [0.2, 0.25) is 0 Å². The van der Waals surface area contributed by atoms with E-state index >= 15 is 0 Å². The first-order valence-electron chi connectivity index (χ1n) is 6.21. The van der Waals surface area contributed by atoms with Crippen LogP contribution in [0.1, 0.15) is 31.1 Å². The summed E-state index contributed by atoms with van der Waals surface area (Å²) in [5.74, 6) is -1.44. The number of hydrogen-bond acceptors (Lipinski definition) is 5. The molecule has 0 spiro atoms. The Morgan fingerprint density at radius 1 is 1.29 bits per heavy atom. The lowest BCUT2D eigenvalue weighted by Crippen LogP contribution is -2.35. The third-order valence-corrected chi connectivity index (χ3v) is 2.53. The predicted octanol–water partition coefficient (Wildman–Crippen LogP) is 2.57. The van der Waals surface area contributed by atoms with E-state index in [2.05, 4.69) is 4.74 Å². The molecule has 1 aromatic rings. The Hall–Kier alpha value is -2.31. The van der Waals surface area contributed by atoms with Crippen LogP contribution in [-0.4, -0.2) is 31.8 Å². The van der Waals surface area contributed by atoms with Gasteiger partial charge in [0, 0.05) is 7.05 Å². The topological polar surface area (TPSA) is 81.9 Å². The van der Waals surface area contributed by atoms with Crippen molar-refractivity contribution < 1.29 is 23.5 Å². The monoisotopic (exact) mass is 298 g/mol. The number of rotatable bonds is 2. The molecule has 0 unspecified atom stereocenters. The Morgan fingerprint density at radius 2 is 1.86 bits per heavy atom. The molecule has 0 bridgehead atoms. The van der Waals surface area contributed by atoms with Crippen LogP contribution in [0.15, 0.2) is 12.1 Å². The number of esters is 1. The molecule has 0 aliphatic rings. The number of methoxy groups -OCH3 is 1. The van der Waals surface area contributed by atoms with E-state index in [1.54, 1.807) is 20.8 Å². The minimum absolute atomic E-state index is 0.0198. The molecule has 0 radical (unpaired) electrons. The van der Waals surface area contributed by atoms with Gasteiger partial charge in [-0.15, -0.1) is 0 Å². The van der Waals surface area contributed by atoms with Crippen molar-refractivity contribution in [3.8, 4) is 0 Å². The molecule has 0 aliphatic heterocycles. The van der Waals surface area contributed by atoms with Crippen molar-refractivity contribution in [2.24, 2.45) is 0 Å². The lowest BCUT2D eigenvalue weighted by molar-refractivity contribution is 0.0587. The van der Waals surface area contributed by atoms with Crippen molar-refractivity contribution in [2.45, 2.75) is 26.4 Å². The summed E-state index contributed by atoms with van der Waals surface area (Å²) >= 11 is 0. The minimum atomic E-state index is -0.766. The number of halogens is 1. The average molecular weight is 298 g/mol. The highest BCUT2D eigenvalue weighted by atomic mass is 19.1. The van der Waals surface area contributed by atoms with Gasteiger partial charge in [-0.2, -0.15) is 0 Å². The van der Waals surface area contributed by atoms with E-state index in [0.29, 0.717) is 0 Å². The maximum atomic E-state index is 13.5. The van der Waals surface area contributed by atoms with Gasteiger partial charge in [-0.25, -0.2) is 14.0 Å². The largest absolute Gasteiger partial charge is 0.465 e. The van der Waals surface area contributed by atoms with Gasteiger partial charge in [0.1, 0.15) is 17.0 Å². The molecule has 2 N–H and O–H groups in total. The summed E-state index contributed by atoms with van der Waals surface area (Å²) in [5, 5.41) is 0. The number of hydrogen-bond donors (Lipinski definition) is 1. The SMILES string of the molecule is COC(=O)c1c(N)cc(F)cc1N(C)C(=O)OC(C)(C)C. The van der Waals surface area contributed by atoms with Gasteiger partial charge < -0.3 is 15.2 Å². The Kier molecular flexibility index (Phi) is 4.77. The van der Waals surface area contributed by atoms with Crippen LogP contribution in [0.25, 0.3) is 0 Å². The van der Waals surface area contributed by atoms with Crippen molar-refractivity contribution in [3.05, 3.63) is 23.5 Å². The van der Waals surface area contributed by atoms with Gasteiger partial charge in [0.25, 0.3) is 0 Å². The number of anilines is 2. The molecule has 1 aromatic carbocycles. The first kappa shape index (κ1) is 16.7. The van der Waals surface area contributed by atoms with E-state index in [4.69, 9.17) is 10.5 Å². The number of amides is 1. The normalized spacial score (nSPS) is 11.0. The summed E-state index contributed by atoms with van der Waals surface area (Å²) in [6.45, 7) is 5.08. The molecule has 0 aliphatic carbocycles. The summed E-state index contributed by atoms with van der Waals surface area (Å²) in [5.41, 5.74) is 4.69. The summed E-state index contributed by atoms with van der Waals surface area (Å²) in [6, 6.07) is 2.01. The van der Waals surface area contributed by atoms with Gasteiger partial charge in [0.05, 0.1) is 18.5 Å². The standard InChI is InChI=1S/C14H19FN2O4/c1-14(2,3)21-13(19)17(4)10-7-8(15)6-9(16)11(10)12(18)20-5/h6-7H,16H2,1-5H3. The highest BCUT2D eigenvalue weighted by Crippen LogP contribution is 2.28. The molecular formula is C14H19FN2O4. The molecule has 0 fully saturated rings. The minimum Gasteiger partial charge on any atom is -0.465 e. The summed E-state index contributed by atoms with van der Waals surface area (Å²) < 4.78 is 23.3. The number of carbonyl (C=O) groups is 2. The van der Waals surface area contributed by atoms with Gasteiger partial charge in [0.2, 0.25) is 0 Å². The second-order valence-corrected chi connectivity index (χ2v) is 5.42.